The van der Waals surface area contributed by atoms with Gasteiger partial charge in [-0.1, -0.05) is 6.92 Å². The van der Waals surface area contributed by atoms with Crippen molar-refractivity contribution in [3.05, 3.63) is 18.0 Å². The van der Waals surface area contributed by atoms with E-state index >= 15 is 0 Å². The molecule has 0 aromatic carbocycles. The maximum Gasteiger partial charge on any atom is 0.274 e. The van der Waals surface area contributed by atoms with E-state index in [1.54, 1.807) is 0 Å². The van der Waals surface area contributed by atoms with Crippen molar-refractivity contribution in [1.82, 2.24) is 20.0 Å². The molecule has 1 aliphatic carbocycles. The fourth-order valence-electron chi connectivity index (χ4n) is 4.71. The Balaban J connectivity index is 0.00000225. The second-order valence-electron chi connectivity index (χ2n) is 8.69. The predicted molar refractivity (Wildman–Crippen MR) is 112 cm³/mol. The van der Waals surface area contributed by atoms with Crippen LogP contribution >= 0.6 is 12.4 Å². The van der Waals surface area contributed by atoms with Gasteiger partial charge in [0.1, 0.15) is 5.69 Å². The second-order valence-corrected chi connectivity index (χ2v) is 8.69. The first-order chi connectivity index (χ1) is 13.2. The Bertz CT molecular complexity index is 616. The van der Waals surface area contributed by atoms with Crippen LogP contribution < -0.4 is 5.32 Å². The van der Waals surface area contributed by atoms with E-state index in [0.717, 1.165) is 51.4 Å². The van der Waals surface area contributed by atoms with Gasteiger partial charge in [-0.05, 0) is 69.9 Å². The number of carbonyl (C=O) groups excluding carboxylic acids is 1. The van der Waals surface area contributed by atoms with Gasteiger partial charge in [-0.15, -0.1) is 12.4 Å². The summed E-state index contributed by atoms with van der Waals surface area (Å²) in [5, 5.41) is 7.99. The number of hydrogen-bond donors (Lipinski definition) is 1. The van der Waals surface area contributed by atoms with Crippen LogP contribution in [-0.4, -0.2) is 59.0 Å². The number of piperidine rings is 2. The lowest BCUT2D eigenvalue weighted by atomic mass is 9.88. The standard InChI is InChI=1S/C21H34N4O2.ClH/c1-16-4-6-18(7-5-16)27-19-8-12-24(13-9-19)21(26)20-10-14-25(23-20)17-3-2-11-22-15-17;/h10,14,16-19,22H,2-9,11-13,15H2,1H3;1H. The molecule has 158 valence electrons. The zero-order valence-corrected chi connectivity index (χ0v) is 17.8. The number of hydrogen-bond acceptors (Lipinski definition) is 4. The Morgan fingerprint density at radius 3 is 2.50 bits per heavy atom. The molecule has 1 amide bonds. The number of nitrogens with zero attached hydrogens (tertiary/aromatic N) is 3. The SMILES string of the molecule is CC1CCC(OC2CCN(C(=O)c3ccn(C4CCCNC4)n3)CC2)CC1.Cl. The molecule has 3 heterocycles. The summed E-state index contributed by atoms with van der Waals surface area (Å²) >= 11 is 0. The summed E-state index contributed by atoms with van der Waals surface area (Å²) in [6.07, 6.45) is 11.9. The van der Waals surface area contributed by atoms with E-state index in [4.69, 9.17) is 4.74 Å². The number of aromatic nitrogens is 2. The van der Waals surface area contributed by atoms with Gasteiger partial charge in [0.2, 0.25) is 0 Å². The van der Waals surface area contributed by atoms with Gasteiger partial charge in [0.25, 0.3) is 5.91 Å². The number of halogens is 1. The van der Waals surface area contributed by atoms with Gasteiger partial charge in [-0.3, -0.25) is 9.48 Å². The molecule has 1 saturated carbocycles. The minimum Gasteiger partial charge on any atom is -0.375 e. The Morgan fingerprint density at radius 2 is 1.82 bits per heavy atom. The predicted octanol–water partition coefficient (Wildman–Crippen LogP) is 3.43. The molecular weight excluding hydrogens is 376 g/mol. The van der Waals surface area contributed by atoms with Gasteiger partial charge in [-0.25, -0.2) is 0 Å². The maximum atomic E-state index is 12.8. The molecule has 1 aromatic rings. The topological polar surface area (TPSA) is 59.4 Å². The van der Waals surface area contributed by atoms with E-state index in [0.29, 0.717) is 23.9 Å². The van der Waals surface area contributed by atoms with Crippen LogP contribution in [0.4, 0.5) is 0 Å². The molecule has 1 atom stereocenters. The third-order valence-corrected chi connectivity index (χ3v) is 6.55. The first kappa shape index (κ1) is 21.6. The van der Waals surface area contributed by atoms with Crippen molar-refractivity contribution in [1.29, 1.82) is 0 Å². The largest absolute Gasteiger partial charge is 0.375 e. The van der Waals surface area contributed by atoms with Crippen molar-refractivity contribution in [3.63, 3.8) is 0 Å². The van der Waals surface area contributed by atoms with Crippen molar-refractivity contribution in [2.75, 3.05) is 26.2 Å². The molecule has 1 N–H and O–H groups in total. The Hall–Kier alpha value is -1.11. The highest BCUT2D eigenvalue weighted by Gasteiger charge is 2.28. The molecule has 1 unspecified atom stereocenters. The third-order valence-electron chi connectivity index (χ3n) is 6.55. The van der Waals surface area contributed by atoms with Crippen LogP contribution in [0, 0.1) is 5.92 Å². The third kappa shape index (κ3) is 5.28. The zero-order chi connectivity index (χ0) is 18.6. The molecule has 0 spiro atoms. The summed E-state index contributed by atoms with van der Waals surface area (Å²) in [6.45, 7) is 5.93. The summed E-state index contributed by atoms with van der Waals surface area (Å²) in [5.74, 6) is 0.927. The molecule has 2 aliphatic heterocycles. The molecule has 3 aliphatic rings. The van der Waals surface area contributed by atoms with Crippen molar-refractivity contribution in [2.45, 2.75) is 76.5 Å². The summed E-state index contributed by atoms with van der Waals surface area (Å²) < 4.78 is 8.30. The van der Waals surface area contributed by atoms with Crippen LogP contribution in [-0.2, 0) is 4.74 Å². The Labute approximate surface area is 174 Å². The lowest BCUT2D eigenvalue weighted by Crippen LogP contribution is -2.42. The molecular formula is C21H35ClN4O2. The molecule has 28 heavy (non-hydrogen) atoms. The lowest BCUT2D eigenvalue weighted by molar-refractivity contribution is -0.0571. The van der Waals surface area contributed by atoms with Gasteiger partial charge in [0.15, 0.2) is 0 Å². The minimum absolute atomic E-state index is 0. The Kier molecular flexibility index (Phi) is 7.77. The van der Waals surface area contributed by atoms with Crippen molar-refractivity contribution in [2.24, 2.45) is 5.92 Å². The first-order valence-corrected chi connectivity index (χ1v) is 10.9. The number of amides is 1. The van der Waals surface area contributed by atoms with Crippen molar-refractivity contribution < 1.29 is 9.53 Å². The van der Waals surface area contributed by atoms with Crippen molar-refractivity contribution >= 4 is 18.3 Å². The molecule has 2 saturated heterocycles. The smallest absolute Gasteiger partial charge is 0.274 e. The second kappa shape index (κ2) is 10.1. The highest BCUT2D eigenvalue weighted by Crippen LogP contribution is 2.28. The number of likely N-dealkylation sites (tertiary alicyclic amines) is 1. The molecule has 6 nitrogen and oxygen atoms in total. The van der Waals surface area contributed by atoms with E-state index in [1.807, 2.05) is 21.8 Å². The highest BCUT2D eigenvalue weighted by atomic mass is 35.5. The minimum atomic E-state index is 0. The van der Waals surface area contributed by atoms with Crippen LogP contribution in [0.2, 0.25) is 0 Å². The van der Waals surface area contributed by atoms with Gasteiger partial charge in [-0.2, -0.15) is 5.10 Å². The van der Waals surface area contributed by atoms with Gasteiger partial charge >= 0.3 is 0 Å². The number of carbonyl (C=O) groups is 1. The number of rotatable bonds is 4. The van der Waals surface area contributed by atoms with Crippen molar-refractivity contribution in [3.8, 4) is 0 Å². The molecule has 7 heteroatoms. The highest BCUT2D eigenvalue weighted by molar-refractivity contribution is 5.92. The van der Waals surface area contributed by atoms with Crippen LogP contribution in [0.3, 0.4) is 0 Å². The van der Waals surface area contributed by atoms with Crippen LogP contribution in [0.5, 0.6) is 0 Å². The summed E-state index contributed by atoms with van der Waals surface area (Å²) in [5.41, 5.74) is 0.584. The maximum absolute atomic E-state index is 12.8. The van der Waals surface area contributed by atoms with E-state index in [9.17, 15) is 4.79 Å². The van der Waals surface area contributed by atoms with E-state index in [2.05, 4.69) is 17.3 Å². The molecule has 0 bridgehead atoms. The molecule has 3 fully saturated rings. The number of nitrogens with one attached hydrogen (secondary N) is 1. The van der Waals surface area contributed by atoms with Crippen LogP contribution in [0.1, 0.15) is 74.8 Å². The fraction of sp³-hybridized carbons (Fsp3) is 0.810. The average molecular weight is 411 g/mol. The monoisotopic (exact) mass is 410 g/mol. The fourth-order valence-corrected chi connectivity index (χ4v) is 4.71. The quantitative estimate of drug-likeness (QED) is 0.826. The average Bonchev–Trinajstić information content (AvgIpc) is 3.21. The van der Waals surface area contributed by atoms with E-state index < -0.39 is 0 Å². The Morgan fingerprint density at radius 1 is 1.11 bits per heavy atom. The van der Waals surface area contributed by atoms with Gasteiger partial charge in [0, 0.05) is 25.8 Å². The summed E-state index contributed by atoms with van der Waals surface area (Å²) in [7, 11) is 0. The number of ether oxygens (including phenoxy) is 1. The van der Waals surface area contributed by atoms with Gasteiger partial charge < -0.3 is 15.0 Å². The molecule has 4 rings (SSSR count). The molecule has 0 radical (unpaired) electrons. The summed E-state index contributed by atoms with van der Waals surface area (Å²) in [6, 6.07) is 2.25. The zero-order valence-electron chi connectivity index (χ0n) is 17.0. The normalized spacial score (nSPS) is 29.3. The van der Waals surface area contributed by atoms with E-state index in [1.165, 1.54) is 32.1 Å². The lowest BCUT2D eigenvalue weighted by Gasteiger charge is -2.35. The van der Waals surface area contributed by atoms with Gasteiger partial charge in [0.05, 0.1) is 18.2 Å². The van der Waals surface area contributed by atoms with E-state index in [-0.39, 0.29) is 18.3 Å². The first-order valence-electron chi connectivity index (χ1n) is 10.9. The summed E-state index contributed by atoms with van der Waals surface area (Å²) in [4.78, 5) is 14.8. The molecule has 1 aromatic heterocycles. The van der Waals surface area contributed by atoms with Crippen LogP contribution in [0.25, 0.3) is 0 Å². The van der Waals surface area contributed by atoms with Crippen LogP contribution in [0.15, 0.2) is 12.3 Å².